The Balaban J connectivity index is 2.24. The van der Waals surface area contributed by atoms with E-state index in [0.717, 1.165) is 5.56 Å². The van der Waals surface area contributed by atoms with E-state index in [9.17, 15) is 14.0 Å². The summed E-state index contributed by atoms with van der Waals surface area (Å²) in [6.07, 6.45) is -0.0532. The fraction of sp³-hybridized carbons (Fsp3) is 0.385. The van der Waals surface area contributed by atoms with Gasteiger partial charge in [-0.2, -0.15) is 0 Å². The van der Waals surface area contributed by atoms with Crippen LogP contribution in [-0.2, 0) is 15.0 Å². The van der Waals surface area contributed by atoms with E-state index >= 15 is 0 Å². The van der Waals surface area contributed by atoms with Gasteiger partial charge in [-0.1, -0.05) is 12.1 Å². The molecule has 1 aromatic carbocycles. The summed E-state index contributed by atoms with van der Waals surface area (Å²) in [5.41, 5.74) is 0.189. The van der Waals surface area contributed by atoms with E-state index in [1.165, 1.54) is 19.1 Å². The second-order valence-electron chi connectivity index (χ2n) is 4.73. The van der Waals surface area contributed by atoms with E-state index in [1.54, 1.807) is 17.0 Å². The highest BCUT2D eigenvalue weighted by Gasteiger charge is 2.46. The van der Waals surface area contributed by atoms with Gasteiger partial charge in [0, 0.05) is 25.4 Å². The van der Waals surface area contributed by atoms with Crippen molar-refractivity contribution in [2.45, 2.75) is 18.8 Å². The van der Waals surface area contributed by atoms with Crippen LogP contribution in [0.2, 0.25) is 0 Å². The molecule has 1 heterocycles. The molecule has 1 aliphatic heterocycles. The number of aliphatic carboxylic acids is 1. The Labute approximate surface area is 104 Å². The lowest BCUT2D eigenvalue weighted by molar-refractivity contribution is -0.146. The summed E-state index contributed by atoms with van der Waals surface area (Å²) < 4.78 is 12.9. The van der Waals surface area contributed by atoms with Crippen LogP contribution in [0, 0.1) is 5.82 Å². The second kappa shape index (κ2) is 4.40. The van der Waals surface area contributed by atoms with Gasteiger partial charge in [-0.05, 0) is 17.7 Å². The summed E-state index contributed by atoms with van der Waals surface area (Å²) >= 11 is 0. The first-order valence-corrected chi connectivity index (χ1v) is 5.66. The maximum absolute atomic E-state index is 12.9. The van der Waals surface area contributed by atoms with E-state index in [4.69, 9.17) is 5.11 Å². The summed E-state index contributed by atoms with van der Waals surface area (Å²) in [6, 6.07) is 5.82. The van der Waals surface area contributed by atoms with Crippen LogP contribution in [-0.4, -0.2) is 35.0 Å². The smallest absolute Gasteiger partial charge is 0.304 e. The number of carboxylic acid groups (broad SMARTS) is 1. The second-order valence-corrected chi connectivity index (χ2v) is 4.73. The molecule has 0 atom stereocenters. The predicted molar refractivity (Wildman–Crippen MR) is 62.6 cm³/mol. The minimum absolute atomic E-state index is 0.0532. The fourth-order valence-electron chi connectivity index (χ4n) is 2.40. The lowest BCUT2D eigenvalue weighted by atomic mass is 9.71. The molecular weight excluding hydrogens is 237 g/mol. The van der Waals surface area contributed by atoms with Crippen molar-refractivity contribution in [2.24, 2.45) is 0 Å². The highest BCUT2D eigenvalue weighted by Crippen LogP contribution is 2.37. The molecule has 96 valence electrons. The molecule has 1 aliphatic rings. The number of carbonyl (C=O) groups excluding carboxylic acids is 1. The van der Waals surface area contributed by atoms with Gasteiger partial charge in [0.15, 0.2) is 0 Å². The fourth-order valence-corrected chi connectivity index (χ4v) is 2.40. The van der Waals surface area contributed by atoms with E-state index < -0.39 is 11.4 Å². The molecule has 1 amide bonds. The van der Waals surface area contributed by atoms with Crippen LogP contribution in [0.15, 0.2) is 24.3 Å². The van der Waals surface area contributed by atoms with E-state index in [-0.39, 0.29) is 18.1 Å². The van der Waals surface area contributed by atoms with Gasteiger partial charge >= 0.3 is 5.97 Å². The molecule has 0 aromatic heterocycles. The summed E-state index contributed by atoms with van der Waals surface area (Å²) in [6.45, 7) is 2.20. The third kappa shape index (κ3) is 2.20. The SMILES string of the molecule is CC(=O)N1CC(CC(=O)O)(c2ccc(F)cc2)C1. The molecule has 0 unspecified atom stereocenters. The molecule has 1 N–H and O–H groups in total. The van der Waals surface area contributed by atoms with Gasteiger partial charge in [0.25, 0.3) is 0 Å². The highest BCUT2D eigenvalue weighted by atomic mass is 19.1. The monoisotopic (exact) mass is 251 g/mol. The molecule has 0 radical (unpaired) electrons. The molecule has 1 fully saturated rings. The molecule has 0 spiro atoms. The van der Waals surface area contributed by atoms with Gasteiger partial charge in [-0.3, -0.25) is 9.59 Å². The number of hydrogen-bond acceptors (Lipinski definition) is 2. The van der Waals surface area contributed by atoms with Crippen molar-refractivity contribution in [3.05, 3.63) is 35.6 Å². The molecule has 5 heteroatoms. The van der Waals surface area contributed by atoms with E-state index in [1.807, 2.05) is 0 Å². The lowest BCUT2D eigenvalue weighted by Gasteiger charge is -2.49. The molecule has 1 saturated heterocycles. The summed E-state index contributed by atoms with van der Waals surface area (Å²) in [7, 11) is 0. The molecular formula is C13H14FNO3. The van der Waals surface area contributed by atoms with Crippen LogP contribution in [0.5, 0.6) is 0 Å². The van der Waals surface area contributed by atoms with Gasteiger partial charge in [0.1, 0.15) is 5.82 Å². The number of benzene rings is 1. The van der Waals surface area contributed by atoms with Crippen molar-refractivity contribution in [1.82, 2.24) is 4.90 Å². The van der Waals surface area contributed by atoms with Gasteiger partial charge in [-0.25, -0.2) is 4.39 Å². The Bertz CT molecular complexity index is 478. The summed E-state index contributed by atoms with van der Waals surface area (Å²) in [5, 5.41) is 8.98. The van der Waals surface area contributed by atoms with Gasteiger partial charge in [-0.15, -0.1) is 0 Å². The van der Waals surface area contributed by atoms with Crippen molar-refractivity contribution in [1.29, 1.82) is 0 Å². The Morgan fingerprint density at radius 3 is 2.33 bits per heavy atom. The van der Waals surface area contributed by atoms with Crippen LogP contribution >= 0.6 is 0 Å². The molecule has 18 heavy (non-hydrogen) atoms. The molecule has 2 rings (SSSR count). The van der Waals surface area contributed by atoms with Crippen LogP contribution in [0.4, 0.5) is 4.39 Å². The zero-order chi connectivity index (χ0) is 13.3. The highest BCUT2D eigenvalue weighted by molar-refractivity contribution is 5.76. The normalized spacial score (nSPS) is 17.1. The third-order valence-corrected chi connectivity index (χ3v) is 3.38. The molecule has 4 nitrogen and oxygen atoms in total. The summed E-state index contributed by atoms with van der Waals surface area (Å²) in [4.78, 5) is 23.7. The zero-order valence-corrected chi connectivity index (χ0v) is 10.0. The van der Waals surface area contributed by atoms with Gasteiger partial charge in [0.2, 0.25) is 5.91 Å². The maximum atomic E-state index is 12.9. The largest absolute Gasteiger partial charge is 0.481 e. The number of carboxylic acids is 1. The average Bonchev–Trinajstić information content (AvgIpc) is 2.23. The number of likely N-dealkylation sites (tertiary alicyclic amines) is 1. The lowest BCUT2D eigenvalue weighted by Crippen LogP contribution is -2.61. The Hall–Kier alpha value is -1.91. The zero-order valence-electron chi connectivity index (χ0n) is 10.0. The van der Waals surface area contributed by atoms with E-state index in [2.05, 4.69) is 0 Å². The number of nitrogens with zero attached hydrogens (tertiary/aromatic N) is 1. The van der Waals surface area contributed by atoms with Crippen molar-refractivity contribution in [3.63, 3.8) is 0 Å². The first-order chi connectivity index (χ1) is 8.43. The Morgan fingerprint density at radius 2 is 1.89 bits per heavy atom. The third-order valence-electron chi connectivity index (χ3n) is 3.38. The van der Waals surface area contributed by atoms with Gasteiger partial charge in [0.05, 0.1) is 6.42 Å². The quantitative estimate of drug-likeness (QED) is 0.883. The molecule has 0 aliphatic carbocycles. The van der Waals surface area contributed by atoms with Crippen LogP contribution in [0.1, 0.15) is 18.9 Å². The van der Waals surface area contributed by atoms with E-state index in [0.29, 0.717) is 13.1 Å². The topological polar surface area (TPSA) is 57.6 Å². The van der Waals surface area contributed by atoms with Crippen molar-refractivity contribution in [3.8, 4) is 0 Å². The molecule has 1 aromatic rings. The minimum Gasteiger partial charge on any atom is -0.481 e. The Kier molecular flexibility index (Phi) is 3.07. The minimum atomic E-state index is -0.914. The number of amides is 1. The number of carbonyl (C=O) groups is 2. The molecule has 0 bridgehead atoms. The molecule has 0 saturated carbocycles. The Morgan fingerprint density at radius 1 is 1.33 bits per heavy atom. The average molecular weight is 251 g/mol. The first-order valence-electron chi connectivity index (χ1n) is 5.66. The van der Waals surface area contributed by atoms with Crippen molar-refractivity contribution >= 4 is 11.9 Å². The number of rotatable bonds is 3. The van der Waals surface area contributed by atoms with Crippen LogP contribution in [0.3, 0.4) is 0 Å². The number of hydrogen-bond donors (Lipinski definition) is 1. The summed E-state index contributed by atoms with van der Waals surface area (Å²) in [5.74, 6) is -1.34. The maximum Gasteiger partial charge on any atom is 0.304 e. The van der Waals surface area contributed by atoms with Crippen molar-refractivity contribution in [2.75, 3.05) is 13.1 Å². The number of halogens is 1. The van der Waals surface area contributed by atoms with Crippen LogP contribution in [0.25, 0.3) is 0 Å². The predicted octanol–water partition coefficient (Wildman–Crippen LogP) is 1.40. The standard InChI is InChI=1S/C13H14FNO3/c1-9(16)15-7-13(8-15,6-12(17)18)10-2-4-11(14)5-3-10/h2-5H,6-8H2,1H3,(H,17,18). The van der Waals surface area contributed by atoms with Crippen LogP contribution < -0.4 is 0 Å². The van der Waals surface area contributed by atoms with Gasteiger partial charge < -0.3 is 10.0 Å². The first kappa shape index (κ1) is 12.5. The van der Waals surface area contributed by atoms with Crippen molar-refractivity contribution < 1.29 is 19.1 Å².